The lowest BCUT2D eigenvalue weighted by Gasteiger charge is -2.24. The lowest BCUT2D eigenvalue weighted by atomic mass is 10.2. The van der Waals surface area contributed by atoms with Crippen LogP contribution in [0.3, 0.4) is 0 Å². The predicted molar refractivity (Wildman–Crippen MR) is 117 cm³/mol. The van der Waals surface area contributed by atoms with Gasteiger partial charge >= 0.3 is 0 Å². The minimum Gasteiger partial charge on any atom is -0.468 e. The number of aliphatic imine (C=N–C) groups is 1. The molecule has 2 N–H and O–H groups in total. The van der Waals surface area contributed by atoms with Crippen molar-refractivity contribution in [3.63, 3.8) is 0 Å². The first-order chi connectivity index (χ1) is 11.5. The average molecular weight is 476 g/mol. The Labute approximate surface area is 171 Å². The van der Waals surface area contributed by atoms with Gasteiger partial charge in [0.15, 0.2) is 5.96 Å². The molecule has 0 fully saturated rings. The molecule has 0 amide bonds. The lowest BCUT2D eigenvalue weighted by molar-refractivity contribution is 0.258. The maximum Gasteiger partial charge on any atom is 0.191 e. The number of hydrogen-bond acceptors (Lipinski definition) is 4. The second-order valence-electron chi connectivity index (χ2n) is 6.21. The molecular formula is C18H29IN4OS. The van der Waals surface area contributed by atoms with Crippen LogP contribution in [0.4, 0.5) is 0 Å². The summed E-state index contributed by atoms with van der Waals surface area (Å²) < 4.78 is 5.54. The first kappa shape index (κ1) is 22.0. The van der Waals surface area contributed by atoms with Gasteiger partial charge in [0, 0.05) is 35.8 Å². The zero-order chi connectivity index (χ0) is 17.5. The summed E-state index contributed by atoms with van der Waals surface area (Å²) in [6, 6.07) is 8.77. The van der Waals surface area contributed by atoms with Gasteiger partial charge in [-0.1, -0.05) is 0 Å². The van der Waals surface area contributed by atoms with Crippen LogP contribution in [-0.4, -0.2) is 44.6 Å². The van der Waals surface area contributed by atoms with Gasteiger partial charge in [-0.3, -0.25) is 9.89 Å². The SMILES string of the molecule is CN=C(NCC(c1ccco1)N(C)C)NC(C)Cc1ccc(C)s1.I. The second kappa shape index (κ2) is 10.8. The van der Waals surface area contributed by atoms with Crippen LogP contribution in [-0.2, 0) is 6.42 Å². The van der Waals surface area contributed by atoms with E-state index in [1.165, 1.54) is 9.75 Å². The highest BCUT2D eigenvalue weighted by molar-refractivity contribution is 14.0. The van der Waals surface area contributed by atoms with E-state index in [9.17, 15) is 0 Å². The fraction of sp³-hybridized carbons (Fsp3) is 0.500. The van der Waals surface area contributed by atoms with Crippen LogP contribution < -0.4 is 10.6 Å². The molecule has 0 aliphatic rings. The fourth-order valence-corrected chi connectivity index (χ4v) is 3.61. The van der Waals surface area contributed by atoms with Gasteiger partial charge in [0.1, 0.15) is 5.76 Å². The summed E-state index contributed by atoms with van der Waals surface area (Å²) in [4.78, 5) is 9.22. The van der Waals surface area contributed by atoms with Gasteiger partial charge in [0.25, 0.3) is 0 Å². The van der Waals surface area contributed by atoms with E-state index in [1.54, 1.807) is 13.3 Å². The molecule has 7 heteroatoms. The van der Waals surface area contributed by atoms with E-state index in [2.05, 4.69) is 46.5 Å². The van der Waals surface area contributed by atoms with E-state index in [0.29, 0.717) is 6.04 Å². The number of nitrogens with zero attached hydrogens (tertiary/aromatic N) is 2. The number of rotatable bonds is 7. The predicted octanol–water partition coefficient (Wildman–Crippen LogP) is 3.67. The Morgan fingerprint density at radius 2 is 2.08 bits per heavy atom. The Hall–Kier alpha value is -1.06. The summed E-state index contributed by atoms with van der Waals surface area (Å²) in [7, 11) is 5.90. The van der Waals surface area contributed by atoms with Gasteiger partial charge in [0.2, 0.25) is 0 Å². The van der Waals surface area contributed by atoms with Crippen molar-refractivity contribution >= 4 is 41.3 Å². The summed E-state index contributed by atoms with van der Waals surface area (Å²) in [6.07, 6.45) is 2.71. The zero-order valence-electron chi connectivity index (χ0n) is 15.6. The van der Waals surface area contributed by atoms with Crippen molar-refractivity contribution in [3.8, 4) is 0 Å². The molecule has 25 heavy (non-hydrogen) atoms. The van der Waals surface area contributed by atoms with E-state index >= 15 is 0 Å². The first-order valence-electron chi connectivity index (χ1n) is 8.22. The minimum atomic E-state index is 0. The molecule has 2 heterocycles. The van der Waals surface area contributed by atoms with Crippen molar-refractivity contribution in [1.29, 1.82) is 0 Å². The van der Waals surface area contributed by atoms with Crippen LogP contribution >= 0.6 is 35.3 Å². The molecule has 0 saturated heterocycles. The maximum absolute atomic E-state index is 5.54. The Bertz CT molecular complexity index is 639. The molecule has 2 rings (SSSR count). The van der Waals surface area contributed by atoms with E-state index in [4.69, 9.17) is 4.42 Å². The molecule has 0 aliphatic carbocycles. The molecule has 2 atom stereocenters. The number of halogens is 1. The van der Waals surface area contributed by atoms with Gasteiger partial charge < -0.3 is 15.1 Å². The molecule has 2 aromatic heterocycles. The van der Waals surface area contributed by atoms with Gasteiger partial charge in [-0.25, -0.2) is 0 Å². The van der Waals surface area contributed by atoms with Crippen molar-refractivity contribution in [3.05, 3.63) is 46.0 Å². The minimum absolute atomic E-state index is 0. The van der Waals surface area contributed by atoms with Gasteiger partial charge in [0.05, 0.1) is 12.3 Å². The van der Waals surface area contributed by atoms with E-state index in [1.807, 2.05) is 37.6 Å². The van der Waals surface area contributed by atoms with Crippen LogP contribution in [0.25, 0.3) is 0 Å². The normalized spacial score (nSPS) is 14.1. The second-order valence-corrected chi connectivity index (χ2v) is 7.58. The molecule has 5 nitrogen and oxygen atoms in total. The van der Waals surface area contributed by atoms with Crippen LogP contribution in [0.5, 0.6) is 0 Å². The number of likely N-dealkylation sites (N-methyl/N-ethyl adjacent to an activating group) is 1. The molecule has 2 unspecified atom stereocenters. The van der Waals surface area contributed by atoms with Crippen molar-refractivity contribution in [2.24, 2.45) is 4.99 Å². The van der Waals surface area contributed by atoms with Gasteiger partial charge in [-0.2, -0.15) is 0 Å². The number of furan rings is 1. The van der Waals surface area contributed by atoms with E-state index in [-0.39, 0.29) is 30.0 Å². The molecule has 0 spiro atoms. The molecule has 140 valence electrons. The molecule has 0 aliphatic heterocycles. The maximum atomic E-state index is 5.54. The monoisotopic (exact) mass is 476 g/mol. The third kappa shape index (κ3) is 6.99. The quantitative estimate of drug-likeness (QED) is 0.364. The largest absolute Gasteiger partial charge is 0.468 e. The van der Waals surface area contributed by atoms with Crippen LogP contribution in [0, 0.1) is 6.92 Å². The van der Waals surface area contributed by atoms with Crippen LogP contribution in [0.1, 0.15) is 28.5 Å². The van der Waals surface area contributed by atoms with E-state index in [0.717, 1.165) is 24.7 Å². The van der Waals surface area contributed by atoms with Gasteiger partial charge in [-0.05, 0) is 52.2 Å². The first-order valence-corrected chi connectivity index (χ1v) is 9.03. The average Bonchev–Trinajstić information content (AvgIpc) is 3.18. The topological polar surface area (TPSA) is 52.8 Å². The standard InChI is InChI=1S/C18H28N4OS.HI/c1-13(11-15-9-8-14(2)24-15)21-18(19-3)20-12-16(22(4)5)17-7-6-10-23-17;/h6-10,13,16H,11-12H2,1-5H3,(H2,19,20,21);1H. The highest BCUT2D eigenvalue weighted by atomic mass is 127. The molecule has 0 aromatic carbocycles. The number of guanidine groups is 1. The van der Waals surface area contributed by atoms with Crippen LogP contribution in [0.15, 0.2) is 39.9 Å². The summed E-state index contributed by atoms with van der Waals surface area (Å²) in [5.74, 6) is 1.76. The molecule has 0 saturated carbocycles. The molecule has 0 bridgehead atoms. The smallest absolute Gasteiger partial charge is 0.191 e. The lowest BCUT2D eigenvalue weighted by Crippen LogP contribution is -2.45. The Balaban J connectivity index is 0.00000312. The zero-order valence-corrected chi connectivity index (χ0v) is 18.7. The Morgan fingerprint density at radius 1 is 1.32 bits per heavy atom. The molecular weight excluding hydrogens is 447 g/mol. The van der Waals surface area contributed by atoms with Crippen molar-refractivity contribution in [1.82, 2.24) is 15.5 Å². The summed E-state index contributed by atoms with van der Waals surface area (Å²) in [6.45, 7) is 5.05. The van der Waals surface area contributed by atoms with E-state index < -0.39 is 0 Å². The van der Waals surface area contributed by atoms with Crippen molar-refractivity contribution < 1.29 is 4.42 Å². The third-order valence-corrected chi connectivity index (χ3v) is 4.89. The van der Waals surface area contributed by atoms with Gasteiger partial charge in [-0.15, -0.1) is 35.3 Å². The number of aryl methyl sites for hydroxylation is 1. The number of hydrogen-bond donors (Lipinski definition) is 2. The van der Waals surface area contributed by atoms with Crippen LogP contribution in [0.2, 0.25) is 0 Å². The fourth-order valence-electron chi connectivity index (χ4n) is 2.59. The highest BCUT2D eigenvalue weighted by Gasteiger charge is 2.17. The third-order valence-electron chi connectivity index (χ3n) is 3.87. The summed E-state index contributed by atoms with van der Waals surface area (Å²) in [5, 5.41) is 6.86. The molecule has 0 radical (unpaired) electrons. The summed E-state index contributed by atoms with van der Waals surface area (Å²) >= 11 is 1.85. The summed E-state index contributed by atoms with van der Waals surface area (Å²) in [5.41, 5.74) is 0. The number of thiophene rings is 1. The van der Waals surface area contributed by atoms with Crippen molar-refractivity contribution in [2.75, 3.05) is 27.7 Å². The van der Waals surface area contributed by atoms with Crippen molar-refractivity contribution in [2.45, 2.75) is 32.4 Å². The Morgan fingerprint density at radius 3 is 2.60 bits per heavy atom. The Kier molecular flexibility index (Phi) is 9.52. The number of nitrogens with one attached hydrogen (secondary N) is 2. The highest BCUT2D eigenvalue weighted by Crippen LogP contribution is 2.18. The molecule has 2 aromatic rings.